The van der Waals surface area contributed by atoms with Crippen LogP contribution in [0.5, 0.6) is 5.75 Å². The van der Waals surface area contributed by atoms with Crippen molar-refractivity contribution < 1.29 is 13.6 Å². The molecule has 0 saturated heterocycles. The van der Waals surface area contributed by atoms with E-state index in [1.807, 2.05) is 0 Å². The van der Waals surface area contributed by atoms with Crippen LogP contribution in [-0.2, 0) is 0 Å². The van der Waals surface area contributed by atoms with Gasteiger partial charge < -0.3 is 13.6 Å². The number of ether oxygens (including phenoxy) is 1. The number of nitriles is 1. The Morgan fingerprint density at radius 1 is 1.12 bits per heavy atom. The molecule has 0 aliphatic rings. The summed E-state index contributed by atoms with van der Waals surface area (Å²) < 4.78 is 16.0. The van der Waals surface area contributed by atoms with E-state index >= 15 is 0 Å². The third kappa shape index (κ3) is 0.920. The van der Waals surface area contributed by atoms with Crippen molar-refractivity contribution in [3.8, 4) is 11.8 Å². The lowest BCUT2D eigenvalue weighted by molar-refractivity contribution is 0.415. The standard InChI is InChI=1S/C12H7NO3/c1-14-11-8-3-5-15-10(8)9(6-13)7-2-4-16-12(7)11/h2-5H,1H3. The van der Waals surface area contributed by atoms with E-state index in [1.54, 1.807) is 19.2 Å². The summed E-state index contributed by atoms with van der Waals surface area (Å²) in [4.78, 5) is 0. The molecule has 16 heavy (non-hydrogen) atoms. The fourth-order valence-corrected chi connectivity index (χ4v) is 1.92. The Morgan fingerprint density at radius 2 is 1.81 bits per heavy atom. The number of hydrogen-bond donors (Lipinski definition) is 0. The van der Waals surface area contributed by atoms with Crippen LogP contribution in [0.1, 0.15) is 5.56 Å². The minimum absolute atomic E-state index is 0.476. The first-order valence-electron chi connectivity index (χ1n) is 4.71. The fourth-order valence-electron chi connectivity index (χ4n) is 1.92. The predicted molar refractivity (Wildman–Crippen MR) is 57.3 cm³/mol. The highest BCUT2D eigenvalue weighted by Crippen LogP contribution is 2.38. The van der Waals surface area contributed by atoms with Gasteiger partial charge in [0.05, 0.1) is 25.0 Å². The Bertz CT molecular complexity index is 663. The quantitative estimate of drug-likeness (QED) is 0.623. The van der Waals surface area contributed by atoms with Crippen LogP contribution in [0.15, 0.2) is 33.5 Å². The van der Waals surface area contributed by atoms with Crippen LogP contribution in [0.4, 0.5) is 0 Å². The van der Waals surface area contributed by atoms with E-state index in [-0.39, 0.29) is 0 Å². The maximum atomic E-state index is 9.14. The van der Waals surface area contributed by atoms with E-state index in [4.69, 9.17) is 18.8 Å². The monoisotopic (exact) mass is 213 g/mol. The minimum atomic E-state index is 0.476. The number of hydrogen-bond acceptors (Lipinski definition) is 4. The third-order valence-electron chi connectivity index (χ3n) is 2.59. The molecule has 78 valence electrons. The summed E-state index contributed by atoms with van der Waals surface area (Å²) in [7, 11) is 1.57. The van der Waals surface area contributed by atoms with E-state index in [0.29, 0.717) is 27.9 Å². The number of methoxy groups -OCH3 is 1. The summed E-state index contributed by atoms with van der Waals surface area (Å²) in [6, 6.07) is 5.62. The number of nitrogens with zero attached hydrogens (tertiary/aromatic N) is 1. The van der Waals surface area contributed by atoms with Crippen LogP contribution in [0.25, 0.3) is 21.9 Å². The molecule has 0 atom stereocenters. The zero-order valence-electron chi connectivity index (χ0n) is 8.48. The lowest BCUT2D eigenvalue weighted by Gasteiger charge is -2.03. The Labute approximate surface area is 90.6 Å². The average molecular weight is 213 g/mol. The zero-order valence-corrected chi connectivity index (χ0v) is 8.48. The first kappa shape index (κ1) is 8.86. The second kappa shape index (κ2) is 3.04. The molecule has 3 aromatic rings. The molecule has 1 aromatic carbocycles. The molecule has 0 spiro atoms. The van der Waals surface area contributed by atoms with Gasteiger partial charge in [0.1, 0.15) is 11.6 Å². The van der Waals surface area contributed by atoms with Gasteiger partial charge in [0.15, 0.2) is 16.9 Å². The van der Waals surface area contributed by atoms with Gasteiger partial charge in [-0.1, -0.05) is 0 Å². The smallest absolute Gasteiger partial charge is 0.177 e. The molecule has 0 aliphatic carbocycles. The van der Waals surface area contributed by atoms with Crippen LogP contribution in [-0.4, -0.2) is 7.11 Å². The van der Waals surface area contributed by atoms with E-state index in [9.17, 15) is 0 Å². The molecule has 0 fully saturated rings. The SMILES string of the molecule is COc1c2ccoc2c(C#N)c2ccoc12. The minimum Gasteiger partial charge on any atom is -0.492 e. The summed E-state index contributed by atoms with van der Waals surface area (Å²) in [6.45, 7) is 0. The molecule has 0 bridgehead atoms. The maximum Gasteiger partial charge on any atom is 0.177 e. The van der Waals surface area contributed by atoms with E-state index in [2.05, 4.69) is 6.07 Å². The molecule has 2 heterocycles. The van der Waals surface area contributed by atoms with Gasteiger partial charge in [-0.3, -0.25) is 0 Å². The van der Waals surface area contributed by atoms with E-state index < -0.39 is 0 Å². The van der Waals surface area contributed by atoms with Crippen molar-refractivity contribution >= 4 is 21.9 Å². The Hall–Kier alpha value is -2.41. The van der Waals surface area contributed by atoms with Gasteiger partial charge in [0.25, 0.3) is 0 Å². The van der Waals surface area contributed by atoms with Gasteiger partial charge in [0.2, 0.25) is 0 Å². The van der Waals surface area contributed by atoms with E-state index in [0.717, 1.165) is 5.39 Å². The van der Waals surface area contributed by atoms with Crippen molar-refractivity contribution in [2.75, 3.05) is 7.11 Å². The molecule has 0 radical (unpaired) electrons. The number of fused-ring (bicyclic) bond motifs is 2. The van der Waals surface area contributed by atoms with Gasteiger partial charge in [-0.05, 0) is 12.1 Å². The molecule has 0 N–H and O–H groups in total. The second-order valence-corrected chi connectivity index (χ2v) is 3.35. The van der Waals surface area contributed by atoms with Crippen molar-refractivity contribution in [3.05, 3.63) is 30.2 Å². The normalized spacial score (nSPS) is 10.8. The molecule has 0 saturated carbocycles. The second-order valence-electron chi connectivity index (χ2n) is 3.35. The first-order chi connectivity index (χ1) is 7.86. The highest BCUT2D eigenvalue weighted by Gasteiger charge is 2.18. The van der Waals surface area contributed by atoms with Crippen LogP contribution >= 0.6 is 0 Å². The topological polar surface area (TPSA) is 59.3 Å². The molecule has 0 amide bonds. The average Bonchev–Trinajstić information content (AvgIpc) is 2.93. The molecule has 4 nitrogen and oxygen atoms in total. The molecular formula is C12H7NO3. The molecule has 0 aliphatic heterocycles. The van der Waals surface area contributed by atoms with Crippen molar-refractivity contribution in [1.82, 2.24) is 0 Å². The number of rotatable bonds is 1. The summed E-state index contributed by atoms with van der Waals surface area (Å²) in [5.41, 5.74) is 1.59. The van der Waals surface area contributed by atoms with Crippen LogP contribution in [0.3, 0.4) is 0 Å². The lowest BCUT2D eigenvalue weighted by Crippen LogP contribution is -1.87. The Morgan fingerprint density at radius 3 is 2.50 bits per heavy atom. The maximum absolute atomic E-state index is 9.14. The van der Waals surface area contributed by atoms with Crippen molar-refractivity contribution in [1.29, 1.82) is 5.26 Å². The largest absolute Gasteiger partial charge is 0.492 e. The van der Waals surface area contributed by atoms with Crippen LogP contribution in [0.2, 0.25) is 0 Å². The Kier molecular flexibility index (Phi) is 1.68. The summed E-state index contributed by atoms with van der Waals surface area (Å²) in [5.74, 6) is 0.600. The summed E-state index contributed by atoms with van der Waals surface area (Å²) >= 11 is 0. The van der Waals surface area contributed by atoms with Gasteiger partial charge in [-0.15, -0.1) is 0 Å². The highest BCUT2D eigenvalue weighted by molar-refractivity contribution is 6.05. The van der Waals surface area contributed by atoms with E-state index in [1.165, 1.54) is 12.5 Å². The zero-order chi connectivity index (χ0) is 11.1. The number of furan rings is 2. The van der Waals surface area contributed by atoms with Crippen LogP contribution in [0, 0.1) is 11.3 Å². The predicted octanol–water partition coefficient (Wildman–Crippen LogP) is 3.06. The summed E-state index contributed by atoms with van der Waals surface area (Å²) in [5, 5.41) is 10.6. The first-order valence-corrected chi connectivity index (χ1v) is 4.71. The Balaban J connectivity index is 2.66. The van der Waals surface area contributed by atoms with Gasteiger partial charge in [0, 0.05) is 5.39 Å². The van der Waals surface area contributed by atoms with Crippen molar-refractivity contribution in [3.63, 3.8) is 0 Å². The fraction of sp³-hybridized carbons (Fsp3) is 0.0833. The summed E-state index contributed by atoms with van der Waals surface area (Å²) in [6.07, 6.45) is 3.07. The van der Waals surface area contributed by atoms with Gasteiger partial charge in [-0.25, -0.2) is 0 Å². The lowest BCUT2D eigenvalue weighted by atomic mass is 10.1. The van der Waals surface area contributed by atoms with Crippen molar-refractivity contribution in [2.45, 2.75) is 0 Å². The highest BCUT2D eigenvalue weighted by atomic mass is 16.5. The molecule has 3 rings (SSSR count). The molecule has 2 aromatic heterocycles. The van der Waals surface area contributed by atoms with Crippen molar-refractivity contribution in [2.24, 2.45) is 0 Å². The van der Waals surface area contributed by atoms with Gasteiger partial charge >= 0.3 is 0 Å². The van der Waals surface area contributed by atoms with Gasteiger partial charge in [-0.2, -0.15) is 5.26 Å². The van der Waals surface area contributed by atoms with Crippen LogP contribution < -0.4 is 4.74 Å². The number of benzene rings is 1. The molecular weight excluding hydrogens is 206 g/mol. The third-order valence-corrected chi connectivity index (χ3v) is 2.59. The molecule has 0 unspecified atom stereocenters. The molecule has 4 heteroatoms.